The standard InChI is InChI=1S/C12H27N3OS/c1-9-7-14(11(16)12(3,4)13)8-10(2)15(9)17(5)6/h9-10,17H,7-8,13H2,1-6H3. The van der Waals surface area contributed by atoms with E-state index in [2.05, 4.69) is 30.7 Å². The third-order valence-electron chi connectivity index (χ3n) is 3.17. The van der Waals surface area contributed by atoms with Crippen LogP contribution >= 0.6 is 11.1 Å². The molecule has 5 heteroatoms. The van der Waals surface area contributed by atoms with Gasteiger partial charge in [0.25, 0.3) is 0 Å². The fraction of sp³-hybridized carbons (Fsp3) is 0.917. The van der Waals surface area contributed by atoms with Gasteiger partial charge in [0.05, 0.1) is 5.54 Å². The average Bonchev–Trinajstić information content (AvgIpc) is 2.13. The lowest BCUT2D eigenvalue weighted by atomic mass is 10.0. The Labute approximate surface area is 108 Å². The van der Waals surface area contributed by atoms with E-state index in [1.54, 1.807) is 13.8 Å². The zero-order chi connectivity index (χ0) is 13.4. The van der Waals surface area contributed by atoms with E-state index in [9.17, 15) is 4.79 Å². The van der Waals surface area contributed by atoms with E-state index in [0.29, 0.717) is 12.1 Å². The smallest absolute Gasteiger partial charge is 0.242 e. The molecule has 0 radical (unpaired) electrons. The van der Waals surface area contributed by atoms with Crippen LogP contribution in [0.1, 0.15) is 27.7 Å². The summed E-state index contributed by atoms with van der Waals surface area (Å²) < 4.78 is 2.53. The number of nitrogens with zero attached hydrogens (tertiary/aromatic N) is 2. The Balaban J connectivity index is 2.76. The first-order chi connectivity index (χ1) is 7.64. The molecule has 0 bridgehead atoms. The van der Waals surface area contributed by atoms with E-state index in [-0.39, 0.29) is 17.0 Å². The van der Waals surface area contributed by atoms with E-state index < -0.39 is 5.54 Å². The van der Waals surface area contributed by atoms with E-state index in [4.69, 9.17) is 5.73 Å². The van der Waals surface area contributed by atoms with Crippen LogP contribution in [0.15, 0.2) is 0 Å². The molecule has 2 N–H and O–H groups in total. The Morgan fingerprint density at radius 1 is 1.24 bits per heavy atom. The predicted octanol–water partition coefficient (Wildman–Crippen LogP) is 0.821. The molecule has 4 nitrogen and oxygen atoms in total. The first kappa shape index (κ1) is 14.8. The molecule has 0 aromatic rings. The lowest BCUT2D eigenvalue weighted by Gasteiger charge is -2.48. The van der Waals surface area contributed by atoms with Gasteiger partial charge in [-0.25, -0.2) is 11.1 Å². The van der Waals surface area contributed by atoms with Crippen molar-refractivity contribution in [3.63, 3.8) is 0 Å². The van der Waals surface area contributed by atoms with Crippen LogP contribution in [0.2, 0.25) is 0 Å². The first-order valence-electron chi connectivity index (χ1n) is 6.18. The maximum Gasteiger partial charge on any atom is 0.242 e. The van der Waals surface area contributed by atoms with E-state index >= 15 is 0 Å². The molecule has 17 heavy (non-hydrogen) atoms. The Kier molecular flexibility index (Phi) is 4.49. The summed E-state index contributed by atoms with van der Waals surface area (Å²) in [5.41, 5.74) is 5.14. The Morgan fingerprint density at radius 2 is 1.65 bits per heavy atom. The van der Waals surface area contributed by atoms with Crippen molar-refractivity contribution >= 4 is 17.0 Å². The zero-order valence-electron chi connectivity index (χ0n) is 11.9. The quantitative estimate of drug-likeness (QED) is 0.724. The fourth-order valence-corrected chi connectivity index (χ4v) is 4.40. The van der Waals surface area contributed by atoms with Crippen molar-refractivity contribution in [1.29, 1.82) is 0 Å². The summed E-state index contributed by atoms with van der Waals surface area (Å²) in [6.07, 6.45) is 4.54. The number of hydrogen-bond acceptors (Lipinski definition) is 3. The molecule has 102 valence electrons. The maximum absolute atomic E-state index is 12.2. The van der Waals surface area contributed by atoms with Crippen LogP contribution in [0.4, 0.5) is 0 Å². The highest BCUT2D eigenvalue weighted by molar-refractivity contribution is 8.13. The van der Waals surface area contributed by atoms with Gasteiger partial charge in [0.15, 0.2) is 0 Å². The highest BCUT2D eigenvalue weighted by Gasteiger charge is 2.36. The Bertz CT molecular complexity index is 276. The Morgan fingerprint density at radius 3 is 1.94 bits per heavy atom. The number of carbonyl (C=O) groups excluding carboxylic acids is 1. The normalized spacial score (nSPS) is 28.2. The minimum atomic E-state index is -0.759. The molecular weight excluding hydrogens is 234 g/mol. The summed E-state index contributed by atoms with van der Waals surface area (Å²) in [5.74, 6) is 0.0624. The molecular formula is C12H27N3OS. The van der Waals surface area contributed by atoms with Crippen molar-refractivity contribution in [3.05, 3.63) is 0 Å². The fourth-order valence-electron chi connectivity index (χ4n) is 2.68. The summed E-state index contributed by atoms with van der Waals surface area (Å²) in [6, 6.07) is 0.845. The summed E-state index contributed by atoms with van der Waals surface area (Å²) in [5, 5.41) is 0. The SMILES string of the molecule is CC1CN(C(=O)C(C)(C)N)CC(C)N1[SH](C)C. The molecule has 0 spiro atoms. The van der Waals surface area contributed by atoms with Gasteiger partial charge in [0.2, 0.25) is 5.91 Å². The van der Waals surface area contributed by atoms with Crippen molar-refractivity contribution in [2.45, 2.75) is 45.3 Å². The number of carbonyl (C=O) groups is 1. The first-order valence-corrected chi connectivity index (χ1v) is 8.37. The van der Waals surface area contributed by atoms with Crippen molar-refractivity contribution in [2.75, 3.05) is 25.6 Å². The van der Waals surface area contributed by atoms with Gasteiger partial charge in [-0.2, -0.15) is 0 Å². The summed E-state index contributed by atoms with van der Waals surface area (Å²) in [7, 11) is 0. The molecule has 1 amide bonds. The molecule has 1 aliphatic heterocycles. The second-order valence-corrected chi connectivity index (χ2v) is 8.01. The minimum Gasteiger partial charge on any atom is -0.338 e. The zero-order valence-corrected chi connectivity index (χ0v) is 12.8. The van der Waals surface area contributed by atoms with Crippen LogP contribution in [0, 0.1) is 0 Å². The van der Waals surface area contributed by atoms with Crippen LogP contribution < -0.4 is 5.73 Å². The molecule has 0 aromatic heterocycles. The second-order valence-electron chi connectivity index (χ2n) is 5.86. The summed E-state index contributed by atoms with van der Waals surface area (Å²) in [6.45, 7) is 9.55. The number of amides is 1. The van der Waals surface area contributed by atoms with Crippen molar-refractivity contribution in [2.24, 2.45) is 5.73 Å². The number of rotatable bonds is 2. The van der Waals surface area contributed by atoms with Gasteiger partial charge < -0.3 is 10.6 Å². The van der Waals surface area contributed by atoms with Gasteiger partial charge >= 0.3 is 0 Å². The van der Waals surface area contributed by atoms with E-state index in [0.717, 1.165) is 13.1 Å². The molecule has 1 heterocycles. The number of piperazine rings is 1. The molecule has 0 saturated carbocycles. The third-order valence-corrected chi connectivity index (χ3v) is 4.88. The Hall–Kier alpha value is -0.260. The molecule has 1 saturated heterocycles. The van der Waals surface area contributed by atoms with Gasteiger partial charge in [-0.05, 0) is 40.2 Å². The third kappa shape index (κ3) is 3.36. The number of nitrogens with two attached hydrogens (primary N) is 1. The molecule has 1 rings (SSSR count). The maximum atomic E-state index is 12.2. The van der Waals surface area contributed by atoms with Crippen LogP contribution in [0.25, 0.3) is 0 Å². The molecule has 1 aliphatic rings. The van der Waals surface area contributed by atoms with Gasteiger partial charge in [0.1, 0.15) is 0 Å². The molecule has 2 unspecified atom stereocenters. The van der Waals surface area contributed by atoms with Gasteiger partial charge in [0, 0.05) is 25.2 Å². The lowest BCUT2D eigenvalue weighted by molar-refractivity contribution is -0.138. The average molecular weight is 261 g/mol. The minimum absolute atomic E-state index is 0.0624. The van der Waals surface area contributed by atoms with Crippen molar-refractivity contribution in [1.82, 2.24) is 9.21 Å². The highest BCUT2D eigenvalue weighted by Crippen LogP contribution is 2.31. The highest BCUT2D eigenvalue weighted by atomic mass is 32.2. The summed E-state index contributed by atoms with van der Waals surface area (Å²) in [4.78, 5) is 14.1. The molecule has 1 fully saturated rings. The van der Waals surface area contributed by atoms with Crippen LogP contribution in [-0.2, 0) is 4.79 Å². The van der Waals surface area contributed by atoms with Crippen LogP contribution in [0.5, 0.6) is 0 Å². The molecule has 2 atom stereocenters. The second kappa shape index (κ2) is 5.16. The molecule has 0 aliphatic carbocycles. The van der Waals surface area contributed by atoms with E-state index in [1.807, 2.05) is 4.90 Å². The van der Waals surface area contributed by atoms with Crippen LogP contribution in [0.3, 0.4) is 0 Å². The monoisotopic (exact) mass is 261 g/mol. The van der Waals surface area contributed by atoms with Crippen molar-refractivity contribution in [3.8, 4) is 0 Å². The van der Waals surface area contributed by atoms with Gasteiger partial charge in [-0.15, -0.1) is 0 Å². The van der Waals surface area contributed by atoms with Crippen molar-refractivity contribution < 1.29 is 4.79 Å². The van der Waals surface area contributed by atoms with Gasteiger partial charge in [-0.1, -0.05) is 0 Å². The lowest BCUT2D eigenvalue weighted by Crippen LogP contribution is -2.61. The predicted molar refractivity (Wildman–Crippen MR) is 76.4 cm³/mol. The number of hydrogen-bond donors (Lipinski definition) is 2. The van der Waals surface area contributed by atoms with Gasteiger partial charge in [-0.3, -0.25) is 9.10 Å². The van der Waals surface area contributed by atoms with Crippen LogP contribution in [-0.4, -0.2) is 58.3 Å². The largest absolute Gasteiger partial charge is 0.338 e. The topological polar surface area (TPSA) is 49.6 Å². The molecule has 0 aromatic carbocycles. The van der Waals surface area contributed by atoms with E-state index in [1.165, 1.54) is 0 Å². The number of thiol groups is 1. The summed E-state index contributed by atoms with van der Waals surface area (Å²) >= 11 is -0.0996.